The van der Waals surface area contributed by atoms with Gasteiger partial charge >= 0.3 is 0 Å². The van der Waals surface area contributed by atoms with Crippen molar-refractivity contribution in [2.75, 3.05) is 49.6 Å². The van der Waals surface area contributed by atoms with Crippen molar-refractivity contribution in [2.24, 2.45) is 0 Å². The first-order valence-electron chi connectivity index (χ1n) is 7.83. The monoisotopic (exact) mass is 321 g/mol. The van der Waals surface area contributed by atoms with Crippen LogP contribution in [-0.2, 0) is 16.1 Å². The summed E-state index contributed by atoms with van der Waals surface area (Å²) in [5.41, 5.74) is 2.09. The average molecular weight is 321 g/mol. The molecule has 1 aromatic rings. The summed E-state index contributed by atoms with van der Waals surface area (Å²) in [7, 11) is 0. The molecule has 0 aliphatic carbocycles. The molecule has 2 aliphatic heterocycles. The van der Waals surface area contributed by atoms with Gasteiger partial charge in [0.25, 0.3) is 5.91 Å². The lowest BCUT2D eigenvalue weighted by molar-refractivity contribution is -0.128. The van der Waals surface area contributed by atoms with Gasteiger partial charge in [0.2, 0.25) is 0 Å². The number of anilines is 1. The number of ether oxygens (including phenoxy) is 1. The largest absolute Gasteiger partial charge is 0.366 e. The van der Waals surface area contributed by atoms with Gasteiger partial charge in [-0.2, -0.15) is 11.8 Å². The van der Waals surface area contributed by atoms with Crippen molar-refractivity contribution >= 4 is 23.4 Å². The molecule has 3 rings (SSSR count). The molecular formula is C16H23N3O2S. The molecule has 6 heteroatoms. The van der Waals surface area contributed by atoms with E-state index in [-0.39, 0.29) is 5.91 Å². The highest BCUT2D eigenvalue weighted by molar-refractivity contribution is 7.99. The molecule has 2 fully saturated rings. The summed E-state index contributed by atoms with van der Waals surface area (Å²) in [6.45, 7) is 5.22. The van der Waals surface area contributed by atoms with Gasteiger partial charge in [-0.3, -0.25) is 9.69 Å². The van der Waals surface area contributed by atoms with E-state index in [1.54, 1.807) is 0 Å². The van der Waals surface area contributed by atoms with Crippen molar-refractivity contribution in [3.8, 4) is 0 Å². The molecule has 2 aliphatic rings. The summed E-state index contributed by atoms with van der Waals surface area (Å²) in [5, 5.41) is 6.14. The van der Waals surface area contributed by atoms with Crippen molar-refractivity contribution in [3.63, 3.8) is 0 Å². The summed E-state index contributed by atoms with van der Waals surface area (Å²) >= 11 is 2.02. The van der Waals surface area contributed by atoms with E-state index in [1.165, 1.54) is 17.1 Å². The van der Waals surface area contributed by atoms with Gasteiger partial charge in [-0.25, -0.2) is 0 Å². The minimum atomic E-state index is -0.392. The second-order valence-corrected chi connectivity index (χ2v) is 6.87. The average Bonchev–Trinajstić information content (AvgIpc) is 2.57. The Balaban J connectivity index is 1.57. The Morgan fingerprint density at radius 1 is 1.41 bits per heavy atom. The number of amides is 1. The predicted octanol–water partition coefficient (Wildman–Crippen LogP) is 1.16. The Labute approximate surface area is 135 Å². The van der Waals surface area contributed by atoms with Crippen LogP contribution in [0, 0.1) is 0 Å². The second kappa shape index (κ2) is 7.97. The van der Waals surface area contributed by atoms with E-state index in [1.807, 2.05) is 23.9 Å². The Morgan fingerprint density at radius 2 is 2.27 bits per heavy atom. The van der Waals surface area contributed by atoms with Crippen molar-refractivity contribution in [2.45, 2.75) is 12.6 Å². The highest BCUT2D eigenvalue weighted by Gasteiger charge is 2.21. The molecule has 2 N–H and O–H groups in total. The van der Waals surface area contributed by atoms with Crippen LogP contribution in [0.2, 0.25) is 0 Å². The molecule has 0 saturated carbocycles. The van der Waals surface area contributed by atoms with Gasteiger partial charge in [-0.1, -0.05) is 12.1 Å². The zero-order valence-corrected chi connectivity index (χ0v) is 13.5. The molecule has 1 amide bonds. The fourth-order valence-corrected chi connectivity index (χ4v) is 3.70. The zero-order valence-electron chi connectivity index (χ0n) is 12.7. The molecular weight excluding hydrogens is 298 g/mol. The molecule has 0 bridgehead atoms. The number of carbonyl (C=O) groups is 1. The molecule has 1 atom stereocenters. The van der Waals surface area contributed by atoms with E-state index < -0.39 is 6.10 Å². The quantitative estimate of drug-likeness (QED) is 0.872. The van der Waals surface area contributed by atoms with Crippen LogP contribution in [-0.4, -0.2) is 61.2 Å². The molecule has 2 heterocycles. The van der Waals surface area contributed by atoms with Gasteiger partial charge in [0.05, 0.1) is 6.61 Å². The van der Waals surface area contributed by atoms with Crippen LogP contribution in [0.3, 0.4) is 0 Å². The van der Waals surface area contributed by atoms with Gasteiger partial charge in [0, 0.05) is 49.9 Å². The Kier molecular flexibility index (Phi) is 5.72. The smallest absolute Gasteiger partial charge is 0.254 e. The third-order valence-electron chi connectivity index (χ3n) is 3.92. The Hall–Kier alpha value is -1.08. The van der Waals surface area contributed by atoms with Gasteiger partial charge in [-0.05, 0) is 17.7 Å². The number of hydrogen-bond donors (Lipinski definition) is 2. The minimum absolute atomic E-state index is 0.0706. The molecule has 1 unspecified atom stereocenters. The van der Waals surface area contributed by atoms with E-state index in [4.69, 9.17) is 4.74 Å². The third kappa shape index (κ3) is 4.46. The maximum absolute atomic E-state index is 12.2. The highest BCUT2D eigenvalue weighted by Crippen LogP contribution is 2.16. The number of nitrogens with one attached hydrogen (secondary N) is 2. The first kappa shape index (κ1) is 15.8. The van der Waals surface area contributed by atoms with Crippen LogP contribution < -0.4 is 10.6 Å². The summed E-state index contributed by atoms with van der Waals surface area (Å²) in [4.78, 5) is 14.6. The molecule has 22 heavy (non-hydrogen) atoms. The Bertz CT molecular complexity index is 500. The van der Waals surface area contributed by atoms with Gasteiger partial charge in [-0.15, -0.1) is 0 Å². The topological polar surface area (TPSA) is 53.6 Å². The molecule has 120 valence electrons. The van der Waals surface area contributed by atoms with Crippen LogP contribution in [0.15, 0.2) is 24.3 Å². The minimum Gasteiger partial charge on any atom is -0.366 e. The van der Waals surface area contributed by atoms with Crippen molar-refractivity contribution in [1.29, 1.82) is 0 Å². The van der Waals surface area contributed by atoms with Crippen LogP contribution >= 0.6 is 11.8 Å². The standard InChI is InChI=1S/C16H23N3O2S/c20-16(15-11-17-4-7-21-15)18-14-3-1-2-13(10-14)12-19-5-8-22-9-6-19/h1-3,10,15,17H,4-9,11-12H2,(H,18,20). The number of morpholine rings is 1. The van der Waals surface area contributed by atoms with Crippen LogP contribution in [0.4, 0.5) is 5.69 Å². The molecule has 2 saturated heterocycles. The fourth-order valence-electron chi connectivity index (χ4n) is 2.72. The van der Waals surface area contributed by atoms with E-state index >= 15 is 0 Å². The number of benzene rings is 1. The van der Waals surface area contributed by atoms with E-state index in [0.29, 0.717) is 13.2 Å². The van der Waals surface area contributed by atoms with Gasteiger partial charge < -0.3 is 15.4 Å². The van der Waals surface area contributed by atoms with Crippen molar-refractivity contribution in [1.82, 2.24) is 10.2 Å². The molecule has 0 spiro atoms. The summed E-state index contributed by atoms with van der Waals surface area (Å²) < 4.78 is 5.48. The first-order valence-corrected chi connectivity index (χ1v) is 8.99. The molecule has 1 aromatic carbocycles. The van der Waals surface area contributed by atoms with Crippen molar-refractivity contribution in [3.05, 3.63) is 29.8 Å². The zero-order chi connectivity index (χ0) is 15.2. The maximum Gasteiger partial charge on any atom is 0.254 e. The normalized spacial score (nSPS) is 23.2. The van der Waals surface area contributed by atoms with Gasteiger partial charge in [0.15, 0.2) is 0 Å². The predicted molar refractivity (Wildman–Crippen MR) is 90.3 cm³/mol. The number of rotatable bonds is 4. The van der Waals surface area contributed by atoms with Crippen LogP contribution in [0.5, 0.6) is 0 Å². The summed E-state index contributed by atoms with van der Waals surface area (Å²) in [5.74, 6) is 2.35. The lowest BCUT2D eigenvalue weighted by Gasteiger charge is -2.26. The number of carbonyl (C=O) groups excluding carboxylic acids is 1. The Morgan fingerprint density at radius 3 is 3.05 bits per heavy atom. The van der Waals surface area contributed by atoms with Crippen molar-refractivity contribution < 1.29 is 9.53 Å². The fraction of sp³-hybridized carbons (Fsp3) is 0.562. The van der Waals surface area contributed by atoms with Crippen LogP contribution in [0.1, 0.15) is 5.56 Å². The highest BCUT2D eigenvalue weighted by atomic mass is 32.2. The second-order valence-electron chi connectivity index (χ2n) is 5.64. The molecule has 0 aromatic heterocycles. The molecule has 5 nitrogen and oxygen atoms in total. The third-order valence-corrected chi connectivity index (χ3v) is 4.87. The lowest BCUT2D eigenvalue weighted by Crippen LogP contribution is -2.45. The summed E-state index contributed by atoms with van der Waals surface area (Å²) in [6, 6.07) is 8.12. The van der Waals surface area contributed by atoms with E-state index in [9.17, 15) is 4.79 Å². The number of nitrogens with zero attached hydrogens (tertiary/aromatic N) is 1. The van der Waals surface area contributed by atoms with E-state index in [0.717, 1.165) is 31.9 Å². The van der Waals surface area contributed by atoms with E-state index in [2.05, 4.69) is 27.7 Å². The summed E-state index contributed by atoms with van der Waals surface area (Å²) in [6.07, 6.45) is -0.392. The number of thioether (sulfide) groups is 1. The molecule has 0 radical (unpaired) electrons. The van der Waals surface area contributed by atoms with Crippen LogP contribution in [0.25, 0.3) is 0 Å². The lowest BCUT2D eigenvalue weighted by atomic mass is 10.1. The SMILES string of the molecule is O=C(Nc1cccc(CN2CCSCC2)c1)C1CNCCO1. The maximum atomic E-state index is 12.2. The number of hydrogen-bond acceptors (Lipinski definition) is 5. The van der Waals surface area contributed by atoms with Gasteiger partial charge in [0.1, 0.15) is 6.10 Å². The first-order chi connectivity index (χ1) is 10.8.